The Bertz CT molecular complexity index is 3810. The smallest absolute Gasteiger partial charge is 0.416 e. The van der Waals surface area contributed by atoms with E-state index in [4.69, 9.17) is 62.1 Å². The summed E-state index contributed by atoms with van der Waals surface area (Å²) < 4.78 is 197. The van der Waals surface area contributed by atoms with Gasteiger partial charge >= 0.3 is 42.1 Å². The Morgan fingerprint density at radius 2 is 0.911 bits per heavy atom. The van der Waals surface area contributed by atoms with Gasteiger partial charge in [0.05, 0.1) is 54.2 Å². The van der Waals surface area contributed by atoms with Crippen LogP contribution in [0.1, 0.15) is 67.9 Å². The second-order valence-electron chi connectivity index (χ2n) is 18.4. The number of aliphatic imine (C=N–C) groups is 1. The fourth-order valence-corrected chi connectivity index (χ4v) is 7.98. The summed E-state index contributed by atoms with van der Waals surface area (Å²) in [6, 6.07) is 38.2. The number of carboxylic acid groups (broad SMARTS) is 1. The maximum absolute atomic E-state index is 12.7. The number of thiocarbonyl (C=S) groups is 3. The third-order valence-electron chi connectivity index (χ3n) is 11.2. The van der Waals surface area contributed by atoms with E-state index in [0.717, 1.165) is 63.3 Å². The van der Waals surface area contributed by atoms with Crippen LogP contribution in [-0.4, -0.2) is 86.1 Å². The van der Waals surface area contributed by atoms with Gasteiger partial charge in [-0.25, -0.2) is 4.79 Å². The first-order chi connectivity index (χ1) is 46.4. The molecule has 8 rings (SSSR count). The van der Waals surface area contributed by atoms with E-state index in [1.54, 1.807) is 36.4 Å². The highest BCUT2D eigenvalue weighted by Crippen LogP contribution is 2.61. The van der Waals surface area contributed by atoms with Crippen molar-refractivity contribution < 1.29 is 95.6 Å². The summed E-state index contributed by atoms with van der Waals surface area (Å²) in [5.74, 6) is -0.879. The van der Waals surface area contributed by atoms with Crippen LogP contribution in [0, 0.1) is 27.7 Å². The Morgan fingerprint density at radius 1 is 0.535 bits per heavy atom. The Morgan fingerprint density at radius 3 is 1.27 bits per heavy atom. The number of nitrogens with one attached hydrogen (secondary N) is 3. The molecule has 0 aliphatic carbocycles. The van der Waals surface area contributed by atoms with Crippen molar-refractivity contribution in [2.24, 2.45) is 16.5 Å². The molecule has 0 amide bonds. The maximum Gasteiger partial charge on any atom is 0.416 e. The normalized spacial score (nSPS) is 10.5. The predicted molar refractivity (Wildman–Crippen MR) is 384 cm³/mol. The van der Waals surface area contributed by atoms with Crippen molar-refractivity contribution in [1.82, 2.24) is 10.2 Å². The zero-order valence-corrected chi connectivity index (χ0v) is 59.4. The fraction of sp³-hybridized carbons (Fsp3) is 0.238. The number of alkyl halides is 15. The number of carboxylic acids is 1. The van der Waals surface area contributed by atoms with Crippen molar-refractivity contribution in [3.05, 3.63) is 213 Å². The third-order valence-corrected chi connectivity index (χ3v) is 12.7. The van der Waals surface area contributed by atoms with Crippen LogP contribution in [0.5, 0.6) is 0 Å². The number of anilines is 5. The lowest BCUT2D eigenvalue weighted by atomic mass is 10.1. The minimum Gasteiger partial charge on any atom is -0.478 e. The van der Waals surface area contributed by atoms with Gasteiger partial charge in [0, 0.05) is 62.7 Å². The first kappa shape index (κ1) is 97.8. The monoisotopic (exact) mass is 1600 g/mol. The molecule has 38 heteroatoms. The molecule has 0 saturated carbocycles. The fourth-order valence-electron chi connectivity index (χ4n) is 6.87. The average molecular weight is 1600 g/mol. The molecule has 0 saturated heterocycles. The van der Waals surface area contributed by atoms with Gasteiger partial charge in [-0.3, -0.25) is 4.57 Å². The summed E-state index contributed by atoms with van der Waals surface area (Å²) in [5.41, 5.74) is 15.5. The number of nitrogen functional groups attached to an aromatic ring is 1. The maximum atomic E-state index is 12.7. The highest BCUT2D eigenvalue weighted by Gasteiger charge is 2.35. The van der Waals surface area contributed by atoms with Gasteiger partial charge in [0.15, 0.2) is 0 Å². The number of hydrogen-bond donors (Lipinski definition) is 10. The minimum atomic E-state index is -4.37. The molecule has 13 N–H and O–H groups in total. The molecule has 15 nitrogen and oxygen atoms in total. The van der Waals surface area contributed by atoms with E-state index in [-0.39, 0.29) is 54.1 Å². The number of isothiocyanates is 1. The van der Waals surface area contributed by atoms with Crippen molar-refractivity contribution in [2.45, 2.75) is 66.0 Å². The Labute approximate surface area is 606 Å². The summed E-state index contributed by atoms with van der Waals surface area (Å²) in [5, 5.41) is 45.5. The molecule has 0 aliphatic rings. The summed E-state index contributed by atoms with van der Waals surface area (Å²) in [7, 11) is 3.00. The largest absolute Gasteiger partial charge is 0.478 e. The van der Waals surface area contributed by atoms with Gasteiger partial charge in [-0.1, -0.05) is 122 Å². The van der Waals surface area contributed by atoms with Crippen LogP contribution >= 0.6 is 86.9 Å². The number of halogens is 18. The van der Waals surface area contributed by atoms with Gasteiger partial charge in [0.25, 0.3) is 0 Å². The minimum absolute atomic E-state index is 0. The topological polar surface area (TPSA) is 267 Å². The van der Waals surface area contributed by atoms with E-state index in [0.29, 0.717) is 42.7 Å². The quantitative estimate of drug-likeness (QED) is 0.0212. The van der Waals surface area contributed by atoms with Crippen molar-refractivity contribution in [2.75, 3.05) is 56.1 Å². The molecule has 556 valence electrons. The molecule has 8 aromatic rings. The average Bonchev–Trinajstić information content (AvgIpc) is 1.33. The van der Waals surface area contributed by atoms with E-state index in [9.17, 15) is 75.2 Å². The molecule has 0 radical (unpaired) electrons. The van der Waals surface area contributed by atoms with Gasteiger partial charge in [0.2, 0.25) is 5.13 Å². The van der Waals surface area contributed by atoms with E-state index in [1.807, 2.05) is 35.5 Å². The number of nitrogens with two attached hydrogens (primary N) is 3. The number of carbonyl (C=O) groups is 1. The number of aliphatic hydroxyl groups excluding tert-OH is 3. The standard InChI is InChI=1S/C15H10F3N3S.2C10H11F3N2S.C9H6F3NS.C8H8F3N.C7H6O2.3CH4O.CH4.Cl3OP/c16-15(17,18)11-7-4-8-12(9-11)19-14-21-20-13(22-14)10-5-2-1-3-6-10;2*1-6-2-3-7(15-9(16)5-14)4-8(6)10(11,12)13;1-6-2-3-7(13-5-14)4-8(6)9(10,11)12;1-5-2-3-6(12)4-7(5)8(9,10)11;8-7(9)6-4-2-1-3-5-6;3*1-2;;1-5(2,3)4/h1-9H,(H,19,21);2*2-4H,5,14H2,1H3,(H,15,16);2-4H,1H3;2-4H,12H2,1H3;1-5H,(H,8,9);3*2H,1H3;1H4;. The van der Waals surface area contributed by atoms with E-state index >= 15 is 0 Å². The molecule has 0 fully saturated rings. The lowest BCUT2D eigenvalue weighted by Crippen LogP contribution is -2.20. The van der Waals surface area contributed by atoms with Gasteiger partial charge < -0.3 is 53.6 Å². The van der Waals surface area contributed by atoms with Gasteiger partial charge in [-0.15, -0.1) is 10.2 Å². The van der Waals surface area contributed by atoms with Crippen molar-refractivity contribution in [1.29, 1.82) is 0 Å². The van der Waals surface area contributed by atoms with Crippen LogP contribution in [0.25, 0.3) is 10.6 Å². The zero-order valence-electron chi connectivity index (χ0n) is 53.0. The van der Waals surface area contributed by atoms with Crippen LogP contribution in [-0.2, 0) is 35.4 Å². The molecule has 0 bridgehead atoms. The number of hydrogen-bond acceptors (Lipinski definition) is 16. The van der Waals surface area contributed by atoms with Gasteiger partial charge in [0.1, 0.15) is 5.01 Å². The predicted octanol–water partition coefficient (Wildman–Crippen LogP) is 20.4. The SMILES string of the molecule is C.CO.CO.CO.Cc1ccc(N)cc1C(F)(F)F.Cc1ccc(N=C=S)cc1C(F)(F)F.Cc1ccc(NC(=S)CN)cc1C(F)(F)F.Cc1ccc(NC(=S)CN)cc1C(F)(F)F.FC(F)(F)c1cccc(Nc2nnc(-c3ccccc3)s2)c1.O=C(O)c1ccccc1.O=P(Cl)(Cl)Cl. The summed E-state index contributed by atoms with van der Waals surface area (Å²) in [6.07, 6.45) is -21.7. The number of aromatic nitrogens is 2. The number of nitrogens with zero attached hydrogens (tertiary/aromatic N) is 3. The second-order valence-corrected chi connectivity index (χ2v) is 27.2. The number of aryl methyl sites for hydroxylation is 4. The van der Waals surface area contributed by atoms with Crippen molar-refractivity contribution in [3.63, 3.8) is 0 Å². The van der Waals surface area contributed by atoms with E-state index < -0.39 is 69.9 Å². The number of aromatic carboxylic acids is 1. The van der Waals surface area contributed by atoms with Crippen LogP contribution < -0.4 is 33.2 Å². The molecule has 101 heavy (non-hydrogen) atoms. The Hall–Kier alpha value is -7.40. The molecule has 7 aromatic carbocycles. The van der Waals surface area contributed by atoms with Gasteiger partial charge in [-0.2, -0.15) is 70.8 Å². The van der Waals surface area contributed by atoms with E-state index in [2.05, 4.69) is 77.1 Å². The van der Waals surface area contributed by atoms with Crippen molar-refractivity contribution >= 4 is 142 Å². The van der Waals surface area contributed by atoms with Crippen molar-refractivity contribution in [3.8, 4) is 10.6 Å². The molecule has 1 heterocycles. The lowest BCUT2D eigenvalue weighted by Gasteiger charge is -2.13. The first-order valence-corrected chi connectivity index (χ1v) is 33.5. The van der Waals surface area contributed by atoms with Gasteiger partial charge in [-0.05, 0) is 175 Å². The molecule has 0 spiro atoms. The van der Waals surface area contributed by atoms with E-state index in [1.165, 1.54) is 93.6 Å². The number of benzene rings is 7. The third kappa shape index (κ3) is 40.7. The highest BCUT2D eigenvalue weighted by atomic mass is 36.0. The molecule has 1 aromatic heterocycles. The zero-order chi connectivity index (χ0) is 77.6. The van der Waals surface area contributed by atoms with Crippen LogP contribution in [0.2, 0.25) is 0 Å². The summed E-state index contributed by atoms with van der Waals surface area (Å²) in [4.78, 5) is 14.3. The molecule has 0 atom stereocenters. The van der Waals surface area contributed by atoms with Crippen LogP contribution in [0.4, 0.5) is 99.4 Å². The number of rotatable bonds is 9. The second kappa shape index (κ2) is 47.7. The molecule has 0 aliphatic heterocycles. The molecular weight excluding hydrogens is 1530 g/mol. The Balaban J connectivity index is -0.00000112. The molecular formula is C63H68Cl3F15N9O6PS4. The van der Waals surface area contributed by atoms with Crippen LogP contribution in [0.3, 0.4) is 0 Å². The summed E-state index contributed by atoms with van der Waals surface area (Å²) in [6.45, 7) is 5.83. The Kier molecular flexibility index (Phi) is 46.2. The molecule has 0 unspecified atom stereocenters. The highest BCUT2D eigenvalue weighted by molar-refractivity contribution is 8.24. The summed E-state index contributed by atoms with van der Waals surface area (Å²) >= 11 is 29.0. The lowest BCUT2D eigenvalue weighted by molar-refractivity contribution is -0.138. The number of aliphatic hydroxyl groups is 3. The van der Waals surface area contributed by atoms with Crippen LogP contribution in [0.15, 0.2) is 163 Å². The first-order valence-electron chi connectivity index (χ1n) is 27.1.